The minimum absolute atomic E-state index is 0.165. The average Bonchev–Trinajstić information content (AvgIpc) is 2.81. The molecular formula is C15H19N3O3. The summed E-state index contributed by atoms with van der Waals surface area (Å²) in [5, 5.41) is 9.20. The molecule has 0 aromatic carbocycles. The SMILES string of the molecule is CCCn1cncc1Cn1c(C)cc(C)c(C(=O)O)c1=O. The lowest BCUT2D eigenvalue weighted by molar-refractivity contribution is 0.0693. The Labute approximate surface area is 122 Å². The number of aryl methyl sites for hydroxylation is 3. The van der Waals surface area contributed by atoms with E-state index >= 15 is 0 Å². The van der Waals surface area contributed by atoms with Crippen LogP contribution in [0.1, 0.15) is 40.7 Å². The van der Waals surface area contributed by atoms with Crippen molar-refractivity contribution in [3.63, 3.8) is 0 Å². The van der Waals surface area contributed by atoms with E-state index in [9.17, 15) is 14.7 Å². The zero-order valence-electron chi connectivity index (χ0n) is 12.5. The summed E-state index contributed by atoms with van der Waals surface area (Å²) in [6.07, 6.45) is 4.40. The van der Waals surface area contributed by atoms with Gasteiger partial charge in [0.2, 0.25) is 0 Å². The van der Waals surface area contributed by atoms with Crippen LogP contribution in [0, 0.1) is 13.8 Å². The number of pyridine rings is 1. The third kappa shape index (κ3) is 2.89. The second-order valence-electron chi connectivity index (χ2n) is 5.12. The lowest BCUT2D eigenvalue weighted by atomic mass is 10.1. The highest BCUT2D eigenvalue weighted by Gasteiger charge is 2.17. The molecule has 0 spiro atoms. The molecule has 0 aliphatic rings. The highest BCUT2D eigenvalue weighted by molar-refractivity contribution is 5.88. The molecule has 0 bridgehead atoms. The van der Waals surface area contributed by atoms with Crippen LogP contribution in [0.25, 0.3) is 0 Å². The first kappa shape index (κ1) is 15.0. The Hall–Kier alpha value is -2.37. The maximum absolute atomic E-state index is 12.4. The van der Waals surface area contributed by atoms with E-state index in [0.717, 1.165) is 24.4 Å². The molecule has 0 atom stereocenters. The van der Waals surface area contributed by atoms with Crippen LogP contribution < -0.4 is 5.56 Å². The maximum Gasteiger partial charge on any atom is 0.341 e. The Morgan fingerprint density at radius 2 is 2.10 bits per heavy atom. The molecule has 0 saturated carbocycles. The lowest BCUT2D eigenvalue weighted by Gasteiger charge is -2.14. The molecule has 0 amide bonds. The Balaban J connectivity index is 2.49. The summed E-state index contributed by atoms with van der Waals surface area (Å²) in [5.41, 5.74) is 1.49. The third-order valence-electron chi connectivity index (χ3n) is 3.50. The van der Waals surface area contributed by atoms with Gasteiger partial charge in [-0.3, -0.25) is 4.79 Å². The van der Waals surface area contributed by atoms with Crippen molar-refractivity contribution in [3.05, 3.63) is 51.5 Å². The number of hydrogen-bond acceptors (Lipinski definition) is 3. The molecule has 0 aliphatic carbocycles. The van der Waals surface area contributed by atoms with Gasteiger partial charge in [-0.2, -0.15) is 0 Å². The Morgan fingerprint density at radius 3 is 2.71 bits per heavy atom. The molecular weight excluding hydrogens is 270 g/mol. The first-order valence-corrected chi connectivity index (χ1v) is 6.89. The molecule has 0 radical (unpaired) electrons. The molecule has 2 aromatic heterocycles. The van der Waals surface area contributed by atoms with E-state index in [1.807, 2.05) is 4.57 Å². The summed E-state index contributed by atoms with van der Waals surface area (Å²) in [6.45, 7) is 6.66. The van der Waals surface area contributed by atoms with Crippen molar-refractivity contribution in [1.82, 2.24) is 14.1 Å². The molecule has 0 saturated heterocycles. The summed E-state index contributed by atoms with van der Waals surface area (Å²) < 4.78 is 3.46. The van der Waals surface area contributed by atoms with Crippen LogP contribution >= 0.6 is 0 Å². The summed E-state index contributed by atoms with van der Waals surface area (Å²) in [6, 6.07) is 1.73. The number of carbonyl (C=O) groups is 1. The molecule has 1 N–H and O–H groups in total. The highest BCUT2D eigenvalue weighted by Crippen LogP contribution is 2.09. The van der Waals surface area contributed by atoms with Gasteiger partial charge in [-0.15, -0.1) is 0 Å². The quantitative estimate of drug-likeness (QED) is 0.910. The van der Waals surface area contributed by atoms with Crippen molar-refractivity contribution in [2.75, 3.05) is 0 Å². The van der Waals surface area contributed by atoms with E-state index in [4.69, 9.17) is 0 Å². The highest BCUT2D eigenvalue weighted by atomic mass is 16.4. The van der Waals surface area contributed by atoms with Crippen molar-refractivity contribution < 1.29 is 9.90 Å². The number of carboxylic acid groups (broad SMARTS) is 1. The zero-order valence-corrected chi connectivity index (χ0v) is 12.5. The van der Waals surface area contributed by atoms with Gasteiger partial charge in [0.25, 0.3) is 5.56 Å². The Bertz CT molecular complexity index is 728. The minimum Gasteiger partial charge on any atom is -0.477 e. The Morgan fingerprint density at radius 1 is 1.38 bits per heavy atom. The predicted octanol–water partition coefficient (Wildman–Crippen LogP) is 1.82. The molecule has 6 heteroatoms. The molecule has 112 valence electrons. The fourth-order valence-electron chi connectivity index (χ4n) is 2.47. The zero-order chi connectivity index (χ0) is 15.6. The van der Waals surface area contributed by atoms with Gasteiger partial charge in [-0.25, -0.2) is 9.78 Å². The fraction of sp³-hybridized carbons (Fsp3) is 0.400. The maximum atomic E-state index is 12.4. The van der Waals surface area contributed by atoms with Crippen molar-refractivity contribution >= 4 is 5.97 Å². The van der Waals surface area contributed by atoms with Crippen LogP contribution in [0.5, 0.6) is 0 Å². The number of aromatic carboxylic acids is 1. The van der Waals surface area contributed by atoms with Gasteiger partial charge in [0.15, 0.2) is 0 Å². The van der Waals surface area contributed by atoms with Crippen LogP contribution in [0.15, 0.2) is 23.4 Å². The lowest BCUT2D eigenvalue weighted by Crippen LogP contribution is -2.30. The molecule has 2 aromatic rings. The van der Waals surface area contributed by atoms with Crippen LogP contribution in [-0.4, -0.2) is 25.2 Å². The van der Waals surface area contributed by atoms with Gasteiger partial charge in [0, 0.05) is 18.4 Å². The van der Waals surface area contributed by atoms with Crippen molar-refractivity contribution in [3.8, 4) is 0 Å². The molecule has 0 unspecified atom stereocenters. The van der Waals surface area contributed by atoms with E-state index in [2.05, 4.69) is 11.9 Å². The minimum atomic E-state index is -1.19. The fourth-order valence-corrected chi connectivity index (χ4v) is 2.47. The number of carboxylic acids is 1. The molecule has 2 rings (SSSR count). The number of imidazole rings is 1. The van der Waals surface area contributed by atoms with E-state index < -0.39 is 11.5 Å². The summed E-state index contributed by atoms with van der Waals surface area (Å²) in [4.78, 5) is 27.7. The van der Waals surface area contributed by atoms with E-state index in [1.165, 1.54) is 4.57 Å². The van der Waals surface area contributed by atoms with E-state index in [0.29, 0.717) is 12.1 Å². The van der Waals surface area contributed by atoms with Gasteiger partial charge >= 0.3 is 5.97 Å². The topological polar surface area (TPSA) is 77.1 Å². The Kier molecular flexibility index (Phi) is 4.26. The molecule has 2 heterocycles. The van der Waals surface area contributed by atoms with Crippen molar-refractivity contribution in [2.24, 2.45) is 0 Å². The van der Waals surface area contributed by atoms with Gasteiger partial charge in [0.05, 0.1) is 18.6 Å². The normalized spacial score (nSPS) is 10.8. The summed E-state index contributed by atoms with van der Waals surface area (Å²) in [7, 11) is 0. The van der Waals surface area contributed by atoms with E-state index in [1.54, 1.807) is 32.4 Å². The number of hydrogen-bond donors (Lipinski definition) is 1. The van der Waals surface area contributed by atoms with Crippen LogP contribution in [-0.2, 0) is 13.1 Å². The first-order valence-electron chi connectivity index (χ1n) is 6.89. The smallest absolute Gasteiger partial charge is 0.341 e. The van der Waals surface area contributed by atoms with E-state index in [-0.39, 0.29) is 5.56 Å². The van der Waals surface area contributed by atoms with Crippen LogP contribution in [0.2, 0.25) is 0 Å². The molecule has 0 aliphatic heterocycles. The largest absolute Gasteiger partial charge is 0.477 e. The van der Waals surface area contributed by atoms with Crippen LogP contribution in [0.4, 0.5) is 0 Å². The number of rotatable bonds is 5. The number of aromatic nitrogens is 3. The molecule has 21 heavy (non-hydrogen) atoms. The average molecular weight is 289 g/mol. The van der Waals surface area contributed by atoms with Crippen molar-refractivity contribution in [2.45, 2.75) is 40.3 Å². The number of nitrogens with zero attached hydrogens (tertiary/aromatic N) is 3. The van der Waals surface area contributed by atoms with Crippen LogP contribution in [0.3, 0.4) is 0 Å². The van der Waals surface area contributed by atoms with Gasteiger partial charge in [0.1, 0.15) is 5.56 Å². The van der Waals surface area contributed by atoms with Gasteiger partial charge in [-0.1, -0.05) is 6.92 Å². The monoisotopic (exact) mass is 289 g/mol. The second kappa shape index (κ2) is 5.95. The summed E-state index contributed by atoms with van der Waals surface area (Å²) >= 11 is 0. The second-order valence-corrected chi connectivity index (χ2v) is 5.12. The first-order chi connectivity index (χ1) is 9.95. The summed E-state index contributed by atoms with van der Waals surface area (Å²) in [5.74, 6) is -1.19. The molecule has 6 nitrogen and oxygen atoms in total. The van der Waals surface area contributed by atoms with Gasteiger partial charge in [-0.05, 0) is 31.9 Å². The molecule has 0 fully saturated rings. The third-order valence-corrected chi connectivity index (χ3v) is 3.50. The standard InChI is InChI=1S/C15H19N3O3/c1-4-5-17-9-16-7-12(17)8-18-11(3)6-10(2)13(14(18)19)15(20)21/h6-7,9H,4-5,8H2,1-3H3,(H,20,21). The van der Waals surface area contributed by atoms with Crippen molar-refractivity contribution in [1.29, 1.82) is 0 Å². The van der Waals surface area contributed by atoms with Gasteiger partial charge < -0.3 is 14.2 Å². The predicted molar refractivity (Wildman–Crippen MR) is 78.8 cm³/mol.